The second-order valence-electron chi connectivity index (χ2n) is 6.80. The highest BCUT2D eigenvalue weighted by molar-refractivity contribution is 14.1. The van der Waals surface area contributed by atoms with E-state index in [1.165, 1.54) is 11.1 Å². The summed E-state index contributed by atoms with van der Waals surface area (Å²) in [6, 6.07) is 3.25. The van der Waals surface area contributed by atoms with Gasteiger partial charge in [-0.3, -0.25) is 8.63 Å². The Bertz CT molecular complexity index is 1390. The fraction of sp³-hybridized carbons (Fsp3) is 0.167. The largest absolute Gasteiger partial charge is 0.304 e. The van der Waals surface area contributed by atoms with Crippen LogP contribution in [0.15, 0.2) is 37.1 Å². The van der Waals surface area contributed by atoms with E-state index in [1.54, 1.807) is 19.3 Å². The van der Waals surface area contributed by atoms with Crippen molar-refractivity contribution in [2.24, 2.45) is 0 Å². The maximum absolute atomic E-state index is 15.6. The third-order valence-electron chi connectivity index (χ3n) is 5.12. The Balaban J connectivity index is 1.72. The van der Waals surface area contributed by atoms with Gasteiger partial charge in [-0.15, -0.1) is 10.2 Å². The van der Waals surface area contributed by atoms with E-state index in [0.717, 1.165) is 16.5 Å². The topological polar surface area (TPSA) is 119 Å². The van der Waals surface area contributed by atoms with Crippen LogP contribution in [0.5, 0.6) is 0 Å². The molecule has 2 N–H and O–H groups in total. The molecule has 0 aliphatic heterocycles. The molecule has 12 heteroatoms. The standard InChI is InChI=1S/C18H15FIN9O/c1-9-15(11-3-4-14-24-13(25-20-30)7-28(14)6-11)12-5-21-26-18(12)16(17(9)19)10(2)29-23-8-22-27-29/h3-8,10H,1-2H3,(H,21,26)(H,25,30)/t10-/m0/s1. The SMILES string of the molecule is Cc1c(F)c([C@H](C)n2ncnn2)c2[nH]ncc2c1-c1ccc2nc(NI=O)cn2c1. The summed E-state index contributed by atoms with van der Waals surface area (Å²) in [5, 5.41) is 19.6. The van der Waals surface area contributed by atoms with Gasteiger partial charge in [0.15, 0.2) is 12.1 Å². The van der Waals surface area contributed by atoms with E-state index >= 15 is 4.39 Å². The van der Waals surface area contributed by atoms with E-state index in [-0.39, 0.29) is 5.82 Å². The van der Waals surface area contributed by atoms with E-state index in [2.05, 4.69) is 34.1 Å². The number of tetrazole rings is 1. The summed E-state index contributed by atoms with van der Waals surface area (Å²) in [5.74, 6) is 0.187. The van der Waals surface area contributed by atoms with E-state index < -0.39 is 27.5 Å². The molecule has 0 saturated carbocycles. The lowest BCUT2D eigenvalue weighted by Crippen LogP contribution is -2.14. The van der Waals surface area contributed by atoms with Gasteiger partial charge in [0.25, 0.3) is 21.5 Å². The minimum Gasteiger partial charge on any atom is -0.304 e. The van der Waals surface area contributed by atoms with Gasteiger partial charge in [0.1, 0.15) is 17.5 Å². The van der Waals surface area contributed by atoms with Gasteiger partial charge in [0.2, 0.25) is 0 Å². The van der Waals surface area contributed by atoms with Crippen LogP contribution in [-0.2, 0) is 3.07 Å². The monoisotopic (exact) mass is 519 g/mol. The molecule has 4 aromatic heterocycles. The van der Waals surface area contributed by atoms with Gasteiger partial charge in [-0.05, 0) is 47.9 Å². The first kappa shape index (κ1) is 18.7. The summed E-state index contributed by atoms with van der Waals surface area (Å²) in [6.45, 7) is 3.55. The molecule has 0 aliphatic rings. The zero-order valence-corrected chi connectivity index (χ0v) is 18.0. The molecule has 5 rings (SSSR count). The molecular weight excluding hydrogens is 504 g/mol. The first-order valence-electron chi connectivity index (χ1n) is 8.97. The van der Waals surface area contributed by atoms with Gasteiger partial charge in [-0.2, -0.15) is 9.90 Å². The summed E-state index contributed by atoms with van der Waals surface area (Å²) in [4.78, 5) is 5.72. The number of anilines is 1. The molecule has 0 bridgehead atoms. The highest BCUT2D eigenvalue weighted by Crippen LogP contribution is 2.38. The molecule has 0 aliphatic carbocycles. The summed E-state index contributed by atoms with van der Waals surface area (Å²) < 4.78 is 31.1. The molecule has 1 aromatic carbocycles. The quantitative estimate of drug-likeness (QED) is 0.269. The lowest BCUT2D eigenvalue weighted by molar-refractivity contribution is 0.461. The Morgan fingerprint density at radius 3 is 2.93 bits per heavy atom. The predicted octanol–water partition coefficient (Wildman–Crippen LogP) is 3.56. The van der Waals surface area contributed by atoms with Crippen molar-refractivity contribution in [3.8, 4) is 11.1 Å². The molecule has 10 nitrogen and oxygen atoms in total. The van der Waals surface area contributed by atoms with E-state index in [9.17, 15) is 3.07 Å². The molecule has 30 heavy (non-hydrogen) atoms. The average Bonchev–Trinajstić information content (AvgIpc) is 3.48. The third-order valence-corrected chi connectivity index (χ3v) is 5.90. The molecular formula is C18H15FIN9O. The molecule has 1 atom stereocenters. The zero-order chi connectivity index (χ0) is 20.8. The number of halogens is 2. The van der Waals surface area contributed by atoms with Gasteiger partial charge in [0.05, 0.1) is 17.9 Å². The Kier molecular flexibility index (Phi) is 4.49. The Labute approximate surface area is 179 Å². The van der Waals surface area contributed by atoms with Crippen molar-refractivity contribution in [3.63, 3.8) is 0 Å². The number of nitrogens with one attached hydrogen (secondary N) is 2. The zero-order valence-electron chi connectivity index (χ0n) is 15.8. The highest BCUT2D eigenvalue weighted by atomic mass is 127. The third kappa shape index (κ3) is 2.86. The first-order valence-corrected chi connectivity index (χ1v) is 10.9. The fourth-order valence-electron chi connectivity index (χ4n) is 3.76. The lowest BCUT2D eigenvalue weighted by atomic mass is 9.92. The summed E-state index contributed by atoms with van der Waals surface area (Å²) in [5.41, 5.74) is 3.75. The number of aromatic nitrogens is 8. The molecule has 5 aromatic rings. The van der Waals surface area contributed by atoms with Crippen LogP contribution in [0.25, 0.3) is 27.7 Å². The van der Waals surface area contributed by atoms with E-state index in [4.69, 9.17) is 0 Å². The molecule has 4 heterocycles. The normalized spacial score (nSPS) is 12.6. The van der Waals surface area contributed by atoms with Crippen LogP contribution >= 0.6 is 21.5 Å². The minimum absolute atomic E-state index is 0.351. The van der Waals surface area contributed by atoms with Crippen molar-refractivity contribution in [3.05, 3.63) is 54.0 Å². The maximum Gasteiger partial charge on any atom is 0.271 e. The number of aromatic amines is 1. The molecule has 0 unspecified atom stereocenters. The number of fused-ring (bicyclic) bond motifs is 2. The number of rotatable bonds is 5. The van der Waals surface area contributed by atoms with Crippen molar-refractivity contribution >= 4 is 43.8 Å². The van der Waals surface area contributed by atoms with E-state index in [1.807, 2.05) is 29.7 Å². The number of hydrogen-bond acceptors (Lipinski definition) is 6. The van der Waals surface area contributed by atoms with Gasteiger partial charge in [0, 0.05) is 17.1 Å². The molecule has 0 radical (unpaired) electrons. The lowest BCUT2D eigenvalue weighted by Gasteiger charge is -2.17. The van der Waals surface area contributed by atoms with Crippen LogP contribution in [0.3, 0.4) is 0 Å². The number of hydrogen-bond donors (Lipinski definition) is 2. The van der Waals surface area contributed by atoms with Crippen molar-refractivity contribution in [1.82, 2.24) is 39.8 Å². The second kappa shape index (κ2) is 7.19. The van der Waals surface area contributed by atoms with E-state index in [0.29, 0.717) is 28.1 Å². The van der Waals surface area contributed by atoms with Gasteiger partial charge >= 0.3 is 0 Å². The number of benzene rings is 1. The van der Waals surface area contributed by atoms with Gasteiger partial charge in [-0.1, -0.05) is 0 Å². The van der Waals surface area contributed by atoms with Crippen LogP contribution in [0.1, 0.15) is 24.1 Å². The Morgan fingerprint density at radius 2 is 2.17 bits per heavy atom. The van der Waals surface area contributed by atoms with Crippen LogP contribution in [0.2, 0.25) is 0 Å². The number of nitrogens with zero attached hydrogens (tertiary/aromatic N) is 7. The molecule has 0 saturated heterocycles. The minimum atomic E-state index is -1.37. The summed E-state index contributed by atoms with van der Waals surface area (Å²) in [7, 11) is 0. The highest BCUT2D eigenvalue weighted by Gasteiger charge is 2.25. The van der Waals surface area contributed by atoms with Crippen LogP contribution in [0, 0.1) is 12.7 Å². The predicted molar refractivity (Wildman–Crippen MR) is 115 cm³/mol. The Hall–Kier alpha value is -3.29. The molecule has 0 spiro atoms. The summed E-state index contributed by atoms with van der Waals surface area (Å²) in [6.07, 6.45) is 6.63. The first-order chi connectivity index (χ1) is 14.6. The average molecular weight is 519 g/mol. The molecule has 0 fully saturated rings. The number of imidazole rings is 1. The van der Waals surface area contributed by atoms with Crippen LogP contribution in [0.4, 0.5) is 10.2 Å². The molecule has 0 amide bonds. The smallest absolute Gasteiger partial charge is 0.271 e. The van der Waals surface area contributed by atoms with Crippen molar-refractivity contribution < 1.29 is 7.46 Å². The second-order valence-corrected chi connectivity index (χ2v) is 7.78. The fourth-order valence-corrected chi connectivity index (χ4v) is 4.25. The maximum atomic E-state index is 15.6. The van der Waals surface area contributed by atoms with Gasteiger partial charge < -0.3 is 4.40 Å². The van der Waals surface area contributed by atoms with Crippen molar-refractivity contribution in [2.75, 3.05) is 3.53 Å². The van der Waals surface area contributed by atoms with Gasteiger partial charge in [-0.25, -0.2) is 12.4 Å². The Morgan fingerprint density at radius 1 is 1.30 bits per heavy atom. The van der Waals surface area contributed by atoms with Crippen LogP contribution < -0.4 is 3.53 Å². The summed E-state index contributed by atoms with van der Waals surface area (Å²) >= 11 is -1.37. The van der Waals surface area contributed by atoms with Crippen molar-refractivity contribution in [2.45, 2.75) is 19.9 Å². The van der Waals surface area contributed by atoms with Crippen LogP contribution in [-0.4, -0.2) is 39.8 Å². The van der Waals surface area contributed by atoms with Crippen molar-refractivity contribution in [1.29, 1.82) is 0 Å². The number of H-pyrrole nitrogens is 1. The number of pyridine rings is 1. The molecule has 152 valence electrons.